The molecule has 3 aromatic rings. The van der Waals surface area contributed by atoms with Crippen molar-refractivity contribution in [2.45, 2.75) is 30.1 Å². The second-order valence-electron chi connectivity index (χ2n) is 5.70. The number of benzene rings is 2. The average Bonchev–Trinajstić information content (AvgIpc) is 3.08. The molecule has 0 atom stereocenters. The molecule has 0 aliphatic heterocycles. The minimum Gasteiger partial charge on any atom is -0.462 e. The minimum atomic E-state index is -0.357. The third kappa shape index (κ3) is 4.24. The van der Waals surface area contributed by atoms with Gasteiger partial charge in [0.05, 0.1) is 13.2 Å². The molecule has 27 heavy (non-hydrogen) atoms. The largest absolute Gasteiger partial charge is 0.462 e. The van der Waals surface area contributed by atoms with E-state index in [4.69, 9.17) is 11.3 Å². The van der Waals surface area contributed by atoms with Gasteiger partial charge in [0.25, 0.3) is 0 Å². The predicted octanol–water partition coefficient (Wildman–Crippen LogP) is 6.86. The van der Waals surface area contributed by atoms with Crippen LogP contribution in [-0.4, -0.2) is 12.6 Å². The Bertz CT molecular complexity index is 970. The molecule has 0 bridgehead atoms. The number of esters is 1. The Morgan fingerprint density at radius 2 is 1.74 bits per heavy atom. The molecule has 0 unspecified atom stereocenters. The Hall–Kier alpha value is -2.55. The van der Waals surface area contributed by atoms with Crippen molar-refractivity contribution in [2.75, 3.05) is 6.61 Å². The van der Waals surface area contributed by atoms with E-state index in [2.05, 4.69) is 17.0 Å². The SMILES string of the molecule is [C-]#[N+]c1c(CC)sc(C(=O)OCC)c1-c1ccc(Sc2ccccc2)cc1. The topological polar surface area (TPSA) is 30.7 Å². The fourth-order valence-corrected chi connectivity index (χ4v) is 4.68. The highest BCUT2D eigenvalue weighted by atomic mass is 32.2. The zero-order valence-corrected chi connectivity index (χ0v) is 16.8. The summed E-state index contributed by atoms with van der Waals surface area (Å²) in [6, 6.07) is 18.2. The summed E-state index contributed by atoms with van der Waals surface area (Å²) in [4.78, 5) is 19.9. The molecule has 3 nitrogen and oxygen atoms in total. The summed E-state index contributed by atoms with van der Waals surface area (Å²) in [5.41, 5.74) is 2.13. The first-order valence-electron chi connectivity index (χ1n) is 8.71. The second-order valence-corrected chi connectivity index (χ2v) is 7.96. The lowest BCUT2D eigenvalue weighted by molar-refractivity contribution is 0.0533. The van der Waals surface area contributed by atoms with Gasteiger partial charge in [-0.2, -0.15) is 0 Å². The average molecular weight is 394 g/mol. The maximum atomic E-state index is 12.4. The number of ether oxygens (including phenoxy) is 1. The van der Waals surface area contributed by atoms with Crippen molar-refractivity contribution >= 4 is 34.8 Å². The van der Waals surface area contributed by atoms with E-state index in [9.17, 15) is 4.79 Å². The smallest absolute Gasteiger partial charge is 0.347 e. The van der Waals surface area contributed by atoms with Gasteiger partial charge < -0.3 is 4.74 Å². The summed E-state index contributed by atoms with van der Waals surface area (Å²) in [5.74, 6) is -0.357. The number of thiophene rings is 1. The molecule has 0 N–H and O–H groups in total. The predicted molar refractivity (Wildman–Crippen MR) is 112 cm³/mol. The van der Waals surface area contributed by atoms with Crippen LogP contribution >= 0.6 is 23.1 Å². The van der Waals surface area contributed by atoms with Crippen LogP contribution in [0.15, 0.2) is 64.4 Å². The molecular weight excluding hydrogens is 374 g/mol. The molecule has 0 amide bonds. The Morgan fingerprint density at radius 3 is 2.33 bits per heavy atom. The highest BCUT2D eigenvalue weighted by Crippen LogP contribution is 2.44. The summed E-state index contributed by atoms with van der Waals surface area (Å²) in [7, 11) is 0. The molecule has 0 fully saturated rings. The fraction of sp³-hybridized carbons (Fsp3) is 0.182. The molecule has 2 aromatic carbocycles. The van der Waals surface area contributed by atoms with Crippen molar-refractivity contribution in [1.82, 2.24) is 0 Å². The Labute approximate surface area is 167 Å². The van der Waals surface area contributed by atoms with Crippen LogP contribution in [0.3, 0.4) is 0 Å². The van der Waals surface area contributed by atoms with E-state index >= 15 is 0 Å². The van der Waals surface area contributed by atoms with Crippen LogP contribution in [0.4, 0.5) is 5.69 Å². The van der Waals surface area contributed by atoms with Crippen molar-refractivity contribution in [2.24, 2.45) is 0 Å². The molecular formula is C22H19NO2S2. The van der Waals surface area contributed by atoms with Crippen LogP contribution in [0.2, 0.25) is 0 Å². The van der Waals surface area contributed by atoms with E-state index in [0.717, 1.165) is 21.8 Å². The van der Waals surface area contributed by atoms with Gasteiger partial charge in [0, 0.05) is 20.2 Å². The van der Waals surface area contributed by atoms with E-state index in [1.807, 2.05) is 49.4 Å². The monoisotopic (exact) mass is 393 g/mol. The van der Waals surface area contributed by atoms with Crippen molar-refractivity contribution in [1.29, 1.82) is 0 Å². The second kappa shape index (κ2) is 8.90. The van der Waals surface area contributed by atoms with Gasteiger partial charge in [0.1, 0.15) is 4.88 Å². The molecule has 0 aliphatic rings. The van der Waals surface area contributed by atoms with Gasteiger partial charge >= 0.3 is 5.97 Å². The highest BCUT2D eigenvalue weighted by Gasteiger charge is 2.24. The lowest BCUT2D eigenvalue weighted by atomic mass is 10.0. The van der Waals surface area contributed by atoms with E-state index in [-0.39, 0.29) is 5.97 Å². The molecule has 0 saturated carbocycles. The number of aryl methyl sites for hydroxylation is 1. The summed E-state index contributed by atoms with van der Waals surface area (Å²) < 4.78 is 5.21. The molecule has 0 spiro atoms. The molecule has 0 saturated heterocycles. The van der Waals surface area contributed by atoms with Gasteiger partial charge in [-0.15, -0.1) is 11.3 Å². The molecule has 3 rings (SSSR count). The Balaban J connectivity index is 1.99. The summed E-state index contributed by atoms with van der Waals surface area (Å²) in [5, 5.41) is 0. The minimum absolute atomic E-state index is 0.317. The van der Waals surface area contributed by atoms with E-state index in [1.165, 1.54) is 16.2 Å². The highest BCUT2D eigenvalue weighted by molar-refractivity contribution is 7.99. The third-order valence-electron chi connectivity index (χ3n) is 3.97. The van der Waals surface area contributed by atoms with Crippen molar-refractivity contribution in [3.63, 3.8) is 0 Å². The van der Waals surface area contributed by atoms with Gasteiger partial charge in [-0.05, 0) is 43.2 Å². The maximum Gasteiger partial charge on any atom is 0.347 e. The molecule has 0 aliphatic carbocycles. The van der Waals surface area contributed by atoms with Gasteiger partial charge in [0.15, 0.2) is 0 Å². The van der Waals surface area contributed by atoms with Crippen LogP contribution in [0, 0.1) is 6.57 Å². The van der Waals surface area contributed by atoms with Crippen molar-refractivity contribution in [3.8, 4) is 11.1 Å². The van der Waals surface area contributed by atoms with Crippen LogP contribution in [0.5, 0.6) is 0 Å². The first-order chi connectivity index (χ1) is 13.2. The first kappa shape index (κ1) is 19.2. The van der Waals surface area contributed by atoms with Crippen LogP contribution < -0.4 is 0 Å². The van der Waals surface area contributed by atoms with Gasteiger partial charge in [-0.1, -0.05) is 49.0 Å². The number of nitrogens with zero attached hydrogens (tertiary/aromatic N) is 1. The molecule has 5 heteroatoms. The molecule has 1 heterocycles. The third-order valence-corrected chi connectivity index (χ3v) is 6.29. The Kier molecular flexibility index (Phi) is 6.33. The molecule has 0 radical (unpaired) electrons. The van der Waals surface area contributed by atoms with Gasteiger partial charge in [-0.3, -0.25) is 0 Å². The van der Waals surface area contributed by atoms with E-state index in [0.29, 0.717) is 22.7 Å². The first-order valence-corrected chi connectivity index (χ1v) is 10.3. The fourth-order valence-electron chi connectivity index (χ4n) is 2.75. The van der Waals surface area contributed by atoms with Gasteiger partial charge in [-0.25, -0.2) is 9.64 Å². The molecule has 136 valence electrons. The summed E-state index contributed by atoms with van der Waals surface area (Å²) in [6.45, 7) is 11.7. The maximum absolute atomic E-state index is 12.4. The zero-order valence-electron chi connectivity index (χ0n) is 15.2. The quantitative estimate of drug-likeness (QED) is 0.339. The normalized spacial score (nSPS) is 10.4. The van der Waals surface area contributed by atoms with E-state index < -0.39 is 0 Å². The lowest BCUT2D eigenvalue weighted by Crippen LogP contribution is -2.03. The van der Waals surface area contributed by atoms with Crippen LogP contribution in [0.1, 0.15) is 28.4 Å². The molecule has 1 aromatic heterocycles. The summed E-state index contributed by atoms with van der Waals surface area (Å²) in [6.07, 6.45) is 0.719. The Morgan fingerprint density at radius 1 is 1.07 bits per heavy atom. The number of hydrogen-bond donors (Lipinski definition) is 0. The van der Waals surface area contributed by atoms with Crippen molar-refractivity contribution in [3.05, 3.63) is 75.8 Å². The lowest BCUT2D eigenvalue weighted by Gasteiger charge is -2.07. The number of hydrogen-bond acceptors (Lipinski definition) is 4. The number of carbonyl (C=O) groups is 1. The van der Waals surface area contributed by atoms with Crippen LogP contribution in [0.25, 0.3) is 16.0 Å². The number of carbonyl (C=O) groups excluding carboxylic acids is 1. The van der Waals surface area contributed by atoms with E-state index in [1.54, 1.807) is 18.7 Å². The van der Waals surface area contributed by atoms with Crippen molar-refractivity contribution < 1.29 is 9.53 Å². The van der Waals surface area contributed by atoms with Gasteiger partial charge in [0.2, 0.25) is 5.69 Å². The number of rotatable bonds is 6. The van der Waals surface area contributed by atoms with Crippen LogP contribution in [-0.2, 0) is 11.2 Å². The standard InChI is InChI=1S/C22H19NO2S2/c1-4-18-20(23-3)19(21(27-18)22(24)25-5-2)15-11-13-17(14-12-15)26-16-9-7-6-8-10-16/h6-14H,4-5H2,1-2H3. The summed E-state index contributed by atoms with van der Waals surface area (Å²) >= 11 is 3.05. The zero-order chi connectivity index (χ0) is 19.2.